The Morgan fingerprint density at radius 1 is 1.09 bits per heavy atom. The van der Waals surface area contributed by atoms with Gasteiger partial charge in [0.2, 0.25) is 5.67 Å². The molecule has 2 aliphatic heterocycles. The molecule has 1 aromatic heterocycles. The lowest BCUT2D eigenvalue weighted by atomic mass is 9.97. The van der Waals surface area contributed by atoms with E-state index in [4.69, 9.17) is 24.1 Å². The van der Waals surface area contributed by atoms with Crippen molar-refractivity contribution in [3.05, 3.63) is 33.1 Å². The molecule has 34 heavy (non-hydrogen) atoms. The van der Waals surface area contributed by atoms with E-state index < -0.39 is 52.5 Å². The van der Waals surface area contributed by atoms with Gasteiger partial charge in [-0.2, -0.15) is 0 Å². The lowest BCUT2D eigenvalue weighted by Crippen LogP contribution is -2.66. The largest absolute Gasteiger partial charge is 0.414 e. The van der Waals surface area contributed by atoms with Crippen molar-refractivity contribution in [2.75, 3.05) is 6.61 Å². The highest BCUT2D eigenvalue weighted by atomic mass is 28.5. The Hall–Kier alpha value is -1.56. The van der Waals surface area contributed by atoms with Crippen molar-refractivity contribution in [2.45, 2.75) is 102 Å². The van der Waals surface area contributed by atoms with Gasteiger partial charge in [-0.15, -0.1) is 6.42 Å². The van der Waals surface area contributed by atoms with Crippen molar-refractivity contribution in [3.63, 3.8) is 0 Å². The van der Waals surface area contributed by atoms with Crippen LogP contribution in [0.25, 0.3) is 0 Å². The molecule has 2 fully saturated rings. The number of aromatic amines is 1. The van der Waals surface area contributed by atoms with Crippen molar-refractivity contribution in [1.29, 1.82) is 0 Å². The van der Waals surface area contributed by atoms with E-state index in [1.54, 1.807) is 0 Å². The van der Waals surface area contributed by atoms with Crippen molar-refractivity contribution < 1.29 is 22.1 Å². The highest BCUT2D eigenvalue weighted by Crippen LogP contribution is 2.51. The lowest BCUT2D eigenvalue weighted by molar-refractivity contribution is -0.0598. The molecule has 0 aromatic carbocycles. The Labute approximate surface area is 202 Å². The van der Waals surface area contributed by atoms with E-state index in [2.05, 4.69) is 38.6 Å². The second kappa shape index (κ2) is 9.48. The zero-order valence-corrected chi connectivity index (χ0v) is 23.3. The van der Waals surface area contributed by atoms with Crippen LogP contribution in [0.1, 0.15) is 61.6 Å². The number of nitrogens with one attached hydrogen (secondary N) is 1. The van der Waals surface area contributed by atoms with Crippen LogP contribution in [0.5, 0.6) is 0 Å². The summed E-state index contributed by atoms with van der Waals surface area (Å²) in [6.07, 6.45) is 3.37. The summed E-state index contributed by atoms with van der Waals surface area (Å²) in [5.41, 5.74) is -3.74. The molecule has 2 saturated heterocycles. The third-order valence-corrected chi connectivity index (χ3v) is 17.3. The third kappa shape index (κ3) is 4.18. The van der Waals surface area contributed by atoms with Gasteiger partial charge in [-0.3, -0.25) is 14.3 Å². The van der Waals surface area contributed by atoms with E-state index in [1.807, 2.05) is 27.7 Å². The fourth-order valence-electron chi connectivity index (χ4n) is 5.19. The molecule has 11 heteroatoms. The second-order valence-electron chi connectivity index (χ2n) is 10.5. The summed E-state index contributed by atoms with van der Waals surface area (Å²) in [4.78, 5) is 26.2. The van der Waals surface area contributed by atoms with Crippen molar-refractivity contribution in [1.82, 2.24) is 9.55 Å². The summed E-state index contributed by atoms with van der Waals surface area (Å²) < 4.78 is 44.2. The van der Waals surface area contributed by atoms with E-state index in [0.29, 0.717) is 0 Å². The Morgan fingerprint density at radius 3 is 2.12 bits per heavy atom. The van der Waals surface area contributed by atoms with Gasteiger partial charge in [0, 0.05) is 12.3 Å². The topological polar surface area (TPSA) is 91.8 Å². The molecule has 3 heterocycles. The summed E-state index contributed by atoms with van der Waals surface area (Å²) in [6.45, 7) is 16.5. The van der Waals surface area contributed by atoms with E-state index in [-0.39, 0.29) is 28.8 Å². The number of hydrogen-bond donors (Lipinski definition) is 1. The van der Waals surface area contributed by atoms with Crippen LogP contribution in [0.15, 0.2) is 21.9 Å². The maximum absolute atomic E-state index is 16.7. The predicted molar refractivity (Wildman–Crippen MR) is 132 cm³/mol. The van der Waals surface area contributed by atoms with E-state index in [9.17, 15) is 9.59 Å². The summed E-state index contributed by atoms with van der Waals surface area (Å²) >= 11 is 0. The lowest BCUT2D eigenvalue weighted by Gasteiger charge is -2.51. The van der Waals surface area contributed by atoms with Crippen LogP contribution >= 0.6 is 0 Å². The normalized spacial score (nSPS) is 30.9. The molecule has 1 aromatic rings. The first-order chi connectivity index (χ1) is 15.7. The first-order valence-electron chi connectivity index (χ1n) is 11.9. The Balaban J connectivity index is 2.19. The standard InChI is InChI=1S/C23H37FN2O6Si2/c1-10-23(24)20-18(30-21(23)26-12-11-19(27)25-22(26)28)13-29-33(14(2)3,15(4)5)32-34(31-20,16(6)7)17(8)9/h1,11-12,14-18,20-21H,13H2,2-9H3,(H,25,27,28)/t18-,20?,21-,23-/m1/s1. The highest BCUT2D eigenvalue weighted by Gasteiger charge is 2.66. The number of aromatic nitrogens is 2. The zero-order chi connectivity index (χ0) is 25.6. The third-order valence-electron chi connectivity index (χ3n) is 7.06. The van der Waals surface area contributed by atoms with Gasteiger partial charge < -0.3 is 17.7 Å². The number of rotatable bonds is 5. The average molecular weight is 513 g/mol. The summed E-state index contributed by atoms with van der Waals surface area (Å²) in [5, 5.41) is 0. The van der Waals surface area contributed by atoms with Gasteiger partial charge in [-0.25, -0.2) is 9.18 Å². The van der Waals surface area contributed by atoms with Gasteiger partial charge in [-0.05, 0) is 22.2 Å². The smallest absolute Gasteiger partial charge is 0.335 e. The Kier molecular flexibility index (Phi) is 7.54. The van der Waals surface area contributed by atoms with Crippen molar-refractivity contribution >= 4 is 17.1 Å². The van der Waals surface area contributed by atoms with E-state index in [0.717, 1.165) is 10.6 Å². The minimum absolute atomic E-state index is 0.0237. The summed E-state index contributed by atoms with van der Waals surface area (Å²) in [7, 11) is -6.00. The molecule has 0 spiro atoms. The van der Waals surface area contributed by atoms with Crippen LogP contribution in [-0.4, -0.2) is 51.2 Å². The quantitative estimate of drug-likeness (QED) is 0.477. The number of terminal acetylenes is 1. The van der Waals surface area contributed by atoms with E-state index >= 15 is 4.39 Å². The van der Waals surface area contributed by atoms with Crippen LogP contribution in [0.4, 0.5) is 4.39 Å². The number of nitrogens with zero attached hydrogens (tertiary/aromatic N) is 1. The molecule has 1 N–H and O–H groups in total. The van der Waals surface area contributed by atoms with Crippen LogP contribution in [0.2, 0.25) is 22.2 Å². The number of H-pyrrole nitrogens is 1. The minimum atomic E-state index is -3.15. The zero-order valence-electron chi connectivity index (χ0n) is 21.3. The van der Waals surface area contributed by atoms with Gasteiger partial charge in [0.25, 0.3) is 5.56 Å². The van der Waals surface area contributed by atoms with Crippen molar-refractivity contribution in [3.8, 4) is 12.3 Å². The highest BCUT2D eigenvalue weighted by molar-refractivity contribution is 6.84. The molecule has 0 bridgehead atoms. The molecule has 4 atom stereocenters. The summed E-state index contributed by atoms with van der Waals surface area (Å²) in [5.74, 6) is 2.21. The maximum atomic E-state index is 16.7. The molecule has 1 unspecified atom stereocenters. The second-order valence-corrected chi connectivity index (χ2v) is 19.3. The van der Waals surface area contributed by atoms with Crippen LogP contribution in [0, 0.1) is 12.3 Å². The molecule has 2 aliphatic rings. The molecule has 0 radical (unpaired) electrons. The molecular formula is C23H37FN2O6Si2. The SMILES string of the molecule is C#C[C@@]1(F)C2O[Si](C(C)C)(C(C)C)O[Si](C(C)C)(C(C)C)OC[C@H]2O[C@H]1n1ccc(=O)[nH]c1=O. The number of halogens is 1. The van der Waals surface area contributed by atoms with Crippen LogP contribution < -0.4 is 11.2 Å². The number of fused-ring (bicyclic) bond motifs is 1. The average Bonchev–Trinajstić information content (AvgIpc) is 2.98. The molecule has 0 saturated carbocycles. The van der Waals surface area contributed by atoms with Crippen LogP contribution in [-0.2, 0) is 17.7 Å². The van der Waals surface area contributed by atoms with Gasteiger partial charge in [0.05, 0.1) is 6.61 Å². The number of ether oxygens (including phenoxy) is 1. The molecule has 0 aliphatic carbocycles. The van der Waals surface area contributed by atoms with Gasteiger partial charge in [-0.1, -0.05) is 61.3 Å². The maximum Gasteiger partial charge on any atom is 0.335 e. The van der Waals surface area contributed by atoms with Gasteiger partial charge in [0.1, 0.15) is 12.2 Å². The Morgan fingerprint density at radius 2 is 1.65 bits per heavy atom. The fraction of sp³-hybridized carbons (Fsp3) is 0.739. The predicted octanol–water partition coefficient (Wildman–Crippen LogP) is 3.73. The first-order valence-corrected chi connectivity index (χ1v) is 15.8. The monoisotopic (exact) mass is 512 g/mol. The number of alkyl halides is 1. The molecule has 3 rings (SSSR count). The van der Waals surface area contributed by atoms with E-state index in [1.165, 1.54) is 6.20 Å². The fourth-order valence-corrected chi connectivity index (χ4v) is 16.4. The molecule has 190 valence electrons. The first kappa shape index (κ1) is 27.0. The van der Waals surface area contributed by atoms with Gasteiger partial charge in [0.15, 0.2) is 6.23 Å². The van der Waals surface area contributed by atoms with Gasteiger partial charge >= 0.3 is 22.8 Å². The minimum Gasteiger partial charge on any atom is -0.414 e. The summed E-state index contributed by atoms with van der Waals surface area (Å²) in [6, 6.07) is 1.12. The molecular weight excluding hydrogens is 475 g/mol. The molecule has 8 nitrogen and oxygen atoms in total. The van der Waals surface area contributed by atoms with Crippen LogP contribution in [0.3, 0.4) is 0 Å². The van der Waals surface area contributed by atoms with Crippen molar-refractivity contribution in [2.24, 2.45) is 0 Å². The Bertz CT molecular complexity index is 1030. The molecule has 0 amide bonds. The number of hydrogen-bond acceptors (Lipinski definition) is 6.